The predicted molar refractivity (Wildman–Crippen MR) is 133 cm³/mol. The third kappa shape index (κ3) is 4.91. The number of tetrazole rings is 1. The fourth-order valence-electron chi connectivity index (χ4n) is 4.01. The largest absolute Gasteiger partial charge is 0.285 e. The summed E-state index contributed by atoms with van der Waals surface area (Å²) in [5.74, 6) is 1.90. The lowest BCUT2D eigenvalue weighted by molar-refractivity contribution is 0.102. The van der Waals surface area contributed by atoms with Gasteiger partial charge in [-0.1, -0.05) is 92.7 Å². The summed E-state index contributed by atoms with van der Waals surface area (Å²) in [4.78, 5) is 17.5. The van der Waals surface area contributed by atoms with Gasteiger partial charge in [0, 0.05) is 17.5 Å². The average Bonchev–Trinajstić information content (AvgIpc) is 3.55. The van der Waals surface area contributed by atoms with E-state index in [2.05, 4.69) is 68.8 Å². The Balaban J connectivity index is 1.42. The van der Waals surface area contributed by atoms with Crippen molar-refractivity contribution < 1.29 is 4.79 Å². The van der Waals surface area contributed by atoms with Crippen molar-refractivity contribution >= 4 is 5.78 Å². The highest BCUT2D eigenvalue weighted by atomic mass is 16.1. The van der Waals surface area contributed by atoms with Gasteiger partial charge in [0.1, 0.15) is 5.82 Å². The topological polar surface area (TPSA) is 102 Å². The molecule has 0 saturated carbocycles. The summed E-state index contributed by atoms with van der Waals surface area (Å²) in [7, 11) is 0. The van der Waals surface area contributed by atoms with Crippen molar-refractivity contribution in [3.8, 4) is 22.5 Å². The van der Waals surface area contributed by atoms with Gasteiger partial charge in [0.05, 0.1) is 6.54 Å². The first-order valence-corrected chi connectivity index (χ1v) is 11.5. The third-order valence-corrected chi connectivity index (χ3v) is 5.70. The zero-order chi connectivity index (χ0) is 24.2. The molecule has 0 aliphatic rings. The highest BCUT2D eigenvalue weighted by Crippen LogP contribution is 2.29. The van der Waals surface area contributed by atoms with Crippen LogP contribution in [0.4, 0.5) is 0 Å². The average molecular weight is 464 g/mol. The summed E-state index contributed by atoms with van der Waals surface area (Å²) in [5, 5.41) is 18.9. The Labute approximate surface area is 203 Å². The summed E-state index contributed by atoms with van der Waals surface area (Å²) in [6.07, 6.45) is 0.742. The van der Waals surface area contributed by atoms with Crippen molar-refractivity contribution in [1.82, 2.24) is 35.4 Å². The molecule has 35 heavy (non-hydrogen) atoms. The Kier molecular flexibility index (Phi) is 6.26. The minimum Gasteiger partial charge on any atom is -0.285 e. The number of hydrogen-bond donors (Lipinski definition) is 1. The van der Waals surface area contributed by atoms with Crippen LogP contribution in [-0.4, -0.2) is 41.2 Å². The van der Waals surface area contributed by atoms with Gasteiger partial charge in [-0.25, -0.2) is 14.8 Å². The third-order valence-electron chi connectivity index (χ3n) is 5.70. The monoisotopic (exact) mass is 463 g/mol. The molecule has 8 nitrogen and oxygen atoms in total. The van der Waals surface area contributed by atoms with E-state index in [9.17, 15) is 4.79 Å². The van der Waals surface area contributed by atoms with Crippen LogP contribution in [-0.2, 0) is 13.0 Å². The number of nitrogens with one attached hydrogen (secondary N) is 1. The zero-order valence-corrected chi connectivity index (χ0v) is 19.6. The second-order valence-corrected chi connectivity index (χ2v) is 8.79. The van der Waals surface area contributed by atoms with Gasteiger partial charge in [-0.15, -0.1) is 10.2 Å². The molecule has 5 rings (SSSR count). The SMILES string of the molecule is CC(C)Cc1nc(C(=O)c2ccccc2)nn1Cc1ccc(-c2ccccc2-c2nnn[nH]2)cc1. The van der Waals surface area contributed by atoms with E-state index in [1.54, 1.807) is 12.1 Å². The quantitative estimate of drug-likeness (QED) is 0.337. The van der Waals surface area contributed by atoms with Gasteiger partial charge in [0.25, 0.3) is 0 Å². The van der Waals surface area contributed by atoms with Gasteiger partial charge in [-0.2, -0.15) is 0 Å². The van der Waals surface area contributed by atoms with Crippen LogP contribution in [0.2, 0.25) is 0 Å². The molecule has 0 aliphatic carbocycles. The second kappa shape index (κ2) is 9.80. The van der Waals surface area contributed by atoms with Crippen molar-refractivity contribution in [1.29, 1.82) is 0 Å². The minimum atomic E-state index is -0.164. The van der Waals surface area contributed by atoms with E-state index in [0.29, 0.717) is 23.9 Å². The summed E-state index contributed by atoms with van der Waals surface area (Å²) in [6, 6.07) is 25.5. The second-order valence-electron chi connectivity index (χ2n) is 8.79. The number of nitrogens with zero attached hydrogens (tertiary/aromatic N) is 6. The molecule has 0 saturated heterocycles. The van der Waals surface area contributed by atoms with Crippen LogP contribution >= 0.6 is 0 Å². The van der Waals surface area contributed by atoms with Crippen molar-refractivity contribution in [3.63, 3.8) is 0 Å². The number of carbonyl (C=O) groups is 1. The maximum absolute atomic E-state index is 12.9. The van der Waals surface area contributed by atoms with Crippen LogP contribution in [0.15, 0.2) is 78.9 Å². The molecule has 174 valence electrons. The normalized spacial score (nSPS) is 11.2. The number of rotatable bonds is 8. The van der Waals surface area contributed by atoms with Crippen molar-refractivity contribution in [3.05, 3.63) is 102 Å². The van der Waals surface area contributed by atoms with Crippen LogP contribution in [0.1, 0.15) is 41.4 Å². The fourth-order valence-corrected chi connectivity index (χ4v) is 4.01. The van der Waals surface area contributed by atoms with Crippen LogP contribution in [0.3, 0.4) is 0 Å². The molecule has 0 unspecified atom stereocenters. The maximum atomic E-state index is 12.9. The number of hydrogen-bond acceptors (Lipinski definition) is 6. The van der Waals surface area contributed by atoms with Gasteiger partial charge in [-0.3, -0.25) is 4.79 Å². The van der Waals surface area contributed by atoms with E-state index >= 15 is 0 Å². The molecular weight excluding hydrogens is 438 g/mol. The molecule has 0 fully saturated rings. The molecule has 0 bridgehead atoms. The lowest BCUT2D eigenvalue weighted by Crippen LogP contribution is -2.10. The van der Waals surface area contributed by atoms with Crippen molar-refractivity contribution in [2.24, 2.45) is 5.92 Å². The standard InChI is InChI=1S/C27H25N7O/c1-18(2)16-24-28-27(25(35)21-8-4-3-5-9-21)31-34(24)17-19-12-14-20(15-13-19)22-10-6-7-11-23(22)26-29-32-33-30-26/h3-15,18H,16-17H2,1-2H3,(H,29,30,32,33). The first-order valence-electron chi connectivity index (χ1n) is 11.5. The molecule has 0 spiro atoms. The van der Waals surface area contributed by atoms with Gasteiger partial charge in [0.2, 0.25) is 11.6 Å². The van der Waals surface area contributed by atoms with Crippen LogP contribution < -0.4 is 0 Å². The molecule has 0 aliphatic heterocycles. The van der Waals surface area contributed by atoms with Gasteiger partial charge in [-0.05, 0) is 33.0 Å². The molecule has 2 aromatic heterocycles. The molecule has 8 heteroatoms. The van der Waals surface area contributed by atoms with E-state index in [0.717, 1.165) is 34.5 Å². The lowest BCUT2D eigenvalue weighted by atomic mass is 9.98. The van der Waals surface area contributed by atoms with E-state index in [1.807, 2.05) is 47.1 Å². The van der Waals surface area contributed by atoms with E-state index < -0.39 is 0 Å². The molecule has 3 aromatic carbocycles. The molecule has 0 amide bonds. The number of benzene rings is 3. The molecule has 2 heterocycles. The summed E-state index contributed by atoms with van der Waals surface area (Å²) < 4.78 is 1.85. The molecule has 0 radical (unpaired) electrons. The van der Waals surface area contributed by atoms with Crippen molar-refractivity contribution in [2.45, 2.75) is 26.8 Å². The first-order chi connectivity index (χ1) is 17.1. The Bertz CT molecular complexity index is 1420. The Morgan fingerprint density at radius 2 is 1.63 bits per heavy atom. The Morgan fingerprint density at radius 3 is 2.31 bits per heavy atom. The maximum Gasteiger partial charge on any atom is 0.232 e. The van der Waals surface area contributed by atoms with Gasteiger partial charge < -0.3 is 0 Å². The highest BCUT2D eigenvalue weighted by Gasteiger charge is 2.19. The highest BCUT2D eigenvalue weighted by molar-refractivity contribution is 6.06. The van der Waals surface area contributed by atoms with Crippen LogP contribution in [0, 0.1) is 5.92 Å². The van der Waals surface area contributed by atoms with E-state index in [4.69, 9.17) is 0 Å². The molecule has 0 atom stereocenters. The van der Waals surface area contributed by atoms with Crippen molar-refractivity contribution in [2.75, 3.05) is 0 Å². The van der Waals surface area contributed by atoms with E-state index in [1.165, 1.54) is 0 Å². The Hall–Kier alpha value is -4.46. The summed E-state index contributed by atoms with van der Waals surface area (Å²) in [5.41, 5.74) is 4.69. The number of aromatic amines is 1. The number of carbonyl (C=O) groups excluding carboxylic acids is 1. The van der Waals surface area contributed by atoms with Gasteiger partial charge in [0.15, 0.2) is 5.82 Å². The zero-order valence-electron chi connectivity index (χ0n) is 19.6. The van der Waals surface area contributed by atoms with E-state index in [-0.39, 0.29) is 11.6 Å². The Morgan fingerprint density at radius 1 is 0.914 bits per heavy atom. The molecule has 1 N–H and O–H groups in total. The van der Waals surface area contributed by atoms with Crippen LogP contribution in [0.5, 0.6) is 0 Å². The number of H-pyrrole nitrogens is 1. The summed E-state index contributed by atoms with van der Waals surface area (Å²) in [6.45, 7) is 4.80. The lowest BCUT2D eigenvalue weighted by Gasteiger charge is -2.10. The van der Waals surface area contributed by atoms with Gasteiger partial charge >= 0.3 is 0 Å². The first kappa shape index (κ1) is 22.3. The molecule has 5 aromatic rings. The number of ketones is 1. The fraction of sp³-hybridized carbons (Fsp3) is 0.185. The minimum absolute atomic E-state index is 0.164. The smallest absolute Gasteiger partial charge is 0.232 e. The summed E-state index contributed by atoms with van der Waals surface area (Å²) >= 11 is 0. The number of aromatic nitrogens is 7. The predicted octanol–water partition coefficient (Wildman–Crippen LogP) is 4.60. The van der Waals surface area contributed by atoms with Crippen LogP contribution in [0.25, 0.3) is 22.5 Å². The molecular formula is C27H25N7O.